The Morgan fingerprint density at radius 1 is 1.59 bits per heavy atom. The Morgan fingerprint density at radius 2 is 2.41 bits per heavy atom. The third kappa shape index (κ3) is 2.96. The molecule has 0 aliphatic heterocycles. The van der Waals surface area contributed by atoms with Crippen LogP contribution in [-0.4, -0.2) is 25.2 Å². The van der Waals surface area contributed by atoms with Gasteiger partial charge in [0.1, 0.15) is 5.15 Å². The highest BCUT2D eigenvalue weighted by molar-refractivity contribution is 6.29. The fourth-order valence-electron chi connectivity index (χ4n) is 1.49. The molecule has 1 atom stereocenters. The lowest BCUT2D eigenvalue weighted by Gasteiger charge is -2.14. The summed E-state index contributed by atoms with van der Waals surface area (Å²) in [6.45, 7) is 0. The van der Waals surface area contributed by atoms with Gasteiger partial charge in [-0.3, -0.25) is 11.3 Å². The van der Waals surface area contributed by atoms with Crippen LogP contribution in [-0.2, 0) is 13.5 Å². The van der Waals surface area contributed by atoms with E-state index in [0.717, 1.165) is 5.56 Å². The molecule has 0 aliphatic carbocycles. The molecule has 0 saturated heterocycles. The lowest BCUT2D eigenvalue weighted by atomic mass is 10.1. The van der Waals surface area contributed by atoms with Crippen molar-refractivity contribution < 1.29 is 0 Å². The molecule has 1 unspecified atom stereocenters. The lowest BCUT2D eigenvalue weighted by molar-refractivity contribution is 0.535. The van der Waals surface area contributed by atoms with Crippen LogP contribution in [0.4, 0.5) is 0 Å². The van der Waals surface area contributed by atoms with Gasteiger partial charge in [0.15, 0.2) is 5.82 Å². The van der Waals surface area contributed by atoms with Gasteiger partial charge in [-0.05, 0) is 22.9 Å². The fourth-order valence-corrected chi connectivity index (χ4v) is 1.68. The standard InChI is InChI=1S/C9H12ClN7/c1-17-15-9(14-16-17)5-7(13-11)6-2-3-12-8(10)4-6/h2-4,7,13H,5,11H2,1H3. The molecule has 0 radical (unpaired) electrons. The van der Waals surface area contributed by atoms with Crippen LogP contribution in [0.25, 0.3) is 0 Å². The van der Waals surface area contributed by atoms with E-state index in [1.54, 1.807) is 19.3 Å². The van der Waals surface area contributed by atoms with Crippen molar-refractivity contribution in [1.82, 2.24) is 30.6 Å². The summed E-state index contributed by atoms with van der Waals surface area (Å²) < 4.78 is 0. The highest BCUT2D eigenvalue weighted by Crippen LogP contribution is 2.17. The molecule has 0 bridgehead atoms. The van der Waals surface area contributed by atoms with Gasteiger partial charge in [0.25, 0.3) is 0 Å². The molecule has 0 amide bonds. The molecule has 2 aromatic rings. The second-order valence-corrected chi connectivity index (χ2v) is 3.92. The average Bonchev–Trinajstić information content (AvgIpc) is 2.72. The number of hydrazine groups is 1. The SMILES string of the molecule is Cn1nnc(CC(NN)c2ccnc(Cl)c2)n1. The van der Waals surface area contributed by atoms with E-state index in [4.69, 9.17) is 17.4 Å². The van der Waals surface area contributed by atoms with Crippen molar-refractivity contribution in [3.8, 4) is 0 Å². The van der Waals surface area contributed by atoms with E-state index in [2.05, 4.69) is 25.8 Å². The predicted molar refractivity (Wildman–Crippen MR) is 61.8 cm³/mol. The number of aryl methyl sites for hydroxylation is 1. The molecule has 0 aliphatic rings. The molecular formula is C9H12ClN7. The van der Waals surface area contributed by atoms with E-state index in [1.165, 1.54) is 4.80 Å². The van der Waals surface area contributed by atoms with Crippen LogP contribution in [0.5, 0.6) is 0 Å². The summed E-state index contributed by atoms with van der Waals surface area (Å²) in [7, 11) is 1.71. The summed E-state index contributed by atoms with van der Waals surface area (Å²) >= 11 is 5.83. The molecule has 17 heavy (non-hydrogen) atoms. The second kappa shape index (κ2) is 5.17. The number of nitrogens with one attached hydrogen (secondary N) is 1. The van der Waals surface area contributed by atoms with Gasteiger partial charge in [0.05, 0.1) is 13.1 Å². The molecular weight excluding hydrogens is 242 g/mol. The Hall–Kier alpha value is -1.57. The molecule has 0 spiro atoms. The van der Waals surface area contributed by atoms with Crippen molar-refractivity contribution in [2.75, 3.05) is 0 Å². The highest BCUT2D eigenvalue weighted by atomic mass is 35.5. The zero-order valence-electron chi connectivity index (χ0n) is 9.21. The molecule has 0 saturated carbocycles. The van der Waals surface area contributed by atoms with Crippen LogP contribution in [0.1, 0.15) is 17.4 Å². The Labute approximate surface area is 103 Å². The van der Waals surface area contributed by atoms with E-state index in [1.807, 2.05) is 6.07 Å². The summed E-state index contributed by atoms with van der Waals surface area (Å²) in [5.41, 5.74) is 3.63. The molecule has 0 fully saturated rings. The summed E-state index contributed by atoms with van der Waals surface area (Å²) in [5.74, 6) is 6.13. The first-order valence-corrected chi connectivity index (χ1v) is 5.37. The summed E-state index contributed by atoms with van der Waals surface area (Å²) in [6.07, 6.45) is 2.16. The Kier molecular flexibility index (Phi) is 3.62. The number of tetrazole rings is 1. The Morgan fingerprint density at radius 3 is 3.00 bits per heavy atom. The van der Waals surface area contributed by atoms with E-state index >= 15 is 0 Å². The first-order valence-electron chi connectivity index (χ1n) is 4.99. The van der Waals surface area contributed by atoms with Crippen molar-refractivity contribution in [3.63, 3.8) is 0 Å². The Bertz CT molecular complexity index is 498. The van der Waals surface area contributed by atoms with Crippen LogP contribution in [0.15, 0.2) is 18.3 Å². The van der Waals surface area contributed by atoms with Crippen molar-refractivity contribution in [2.24, 2.45) is 12.9 Å². The van der Waals surface area contributed by atoms with E-state index in [-0.39, 0.29) is 6.04 Å². The molecule has 3 N–H and O–H groups in total. The van der Waals surface area contributed by atoms with Gasteiger partial charge in [-0.25, -0.2) is 4.98 Å². The first-order chi connectivity index (χ1) is 8.19. The smallest absolute Gasteiger partial charge is 0.176 e. The average molecular weight is 254 g/mol. The summed E-state index contributed by atoms with van der Waals surface area (Å²) in [6, 6.07) is 3.47. The van der Waals surface area contributed by atoms with Gasteiger partial charge in [-0.2, -0.15) is 4.80 Å². The zero-order chi connectivity index (χ0) is 12.3. The predicted octanol–water partition coefficient (Wildman–Crippen LogP) is 0.00560. The third-order valence-electron chi connectivity index (χ3n) is 2.29. The number of hydrogen-bond acceptors (Lipinski definition) is 6. The number of hydrogen-bond donors (Lipinski definition) is 2. The van der Waals surface area contributed by atoms with Gasteiger partial charge in [-0.15, -0.1) is 10.2 Å². The van der Waals surface area contributed by atoms with Gasteiger partial charge < -0.3 is 0 Å². The minimum Gasteiger partial charge on any atom is -0.271 e. The highest BCUT2D eigenvalue weighted by Gasteiger charge is 2.14. The maximum atomic E-state index is 5.83. The minimum absolute atomic E-state index is 0.125. The summed E-state index contributed by atoms with van der Waals surface area (Å²) in [4.78, 5) is 5.32. The number of aromatic nitrogens is 5. The molecule has 90 valence electrons. The fraction of sp³-hybridized carbons (Fsp3) is 0.333. The van der Waals surface area contributed by atoms with Gasteiger partial charge in [0, 0.05) is 12.6 Å². The molecule has 0 aromatic carbocycles. The second-order valence-electron chi connectivity index (χ2n) is 3.53. The number of nitrogens with two attached hydrogens (primary N) is 1. The van der Waals surface area contributed by atoms with Crippen molar-refractivity contribution in [2.45, 2.75) is 12.5 Å². The monoisotopic (exact) mass is 253 g/mol. The minimum atomic E-state index is -0.125. The first kappa shape index (κ1) is 11.9. The number of halogens is 1. The van der Waals surface area contributed by atoms with Crippen LogP contribution in [0.2, 0.25) is 5.15 Å². The van der Waals surface area contributed by atoms with E-state index in [9.17, 15) is 0 Å². The number of nitrogens with zero attached hydrogens (tertiary/aromatic N) is 5. The Balaban J connectivity index is 2.16. The van der Waals surface area contributed by atoms with Crippen molar-refractivity contribution in [1.29, 1.82) is 0 Å². The maximum Gasteiger partial charge on any atom is 0.176 e. The maximum absolute atomic E-state index is 5.83. The molecule has 8 heteroatoms. The van der Waals surface area contributed by atoms with Crippen LogP contribution >= 0.6 is 11.6 Å². The van der Waals surface area contributed by atoms with Crippen molar-refractivity contribution in [3.05, 3.63) is 34.9 Å². The van der Waals surface area contributed by atoms with Crippen molar-refractivity contribution >= 4 is 11.6 Å². The zero-order valence-corrected chi connectivity index (χ0v) is 9.96. The van der Waals surface area contributed by atoms with Crippen LogP contribution in [0, 0.1) is 0 Å². The number of pyridine rings is 1. The topological polar surface area (TPSA) is 94.5 Å². The largest absolute Gasteiger partial charge is 0.271 e. The summed E-state index contributed by atoms with van der Waals surface area (Å²) in [5, 5.41) is 12.2. The normalized spacial score (nSPS) is 12.6. The van der Waals surface area contributed by atoms with E-state index < -0.39 is 0 Å². The molecule has 2 aromatic heterocycles. The molecule has 2 heterocycles. The van der Waals surface area contributed by atoms with Gasteiger partial charge in [0.2, 0.25) is 0 Å². The quantitative estimate of drug-likeness (QED) is 0.453. The van der Waals surface area contributed by atoms with Gasteiger partial charge >= 0.3 is 0 Å². The lowest BCUT2D eigenvalue weighted by Crippen LogP contribution is -2.30. The molecule has 7 nitrogen and oxygen atoms in total. The molecule has 2 rings (SSSR count). The third-order valence-corrected chi connectivity index (χ3v) is 2.50. The van der Waals surface area contributed by atoms with Gasteiger partial charge in [-0.1, -0.05) is 11.6 Å². The van der Waals surface area contributed by atoms with Crippen LogP contribution < -0.4 is 11.3 Å². The van der Waals surface area contributed by atoms with Crippen LogP contribution in [0.3, 0.4) is 0 Å². The number of rotatable bonds is 4. The van der Waals surface area contributed by atoms with E-state index in [0.29, 0.717) is 17.4 Å².